The smallest absolute Gasteiger partial charge is 0.0443 e. The summed E-state index contributed by atoms with van der Waals surface area (Å²) in [6.07, 6.45) is 9.19. The van der Waals surface area contributed by atoms with E-state index in [1.54, 1.807) is 0 Å². The lowest BCUT2D eigenvalue weighted by molar-refractivity contribution is 0.0893. The lowest BCUT2D eigenvalue weighted by atomic mass is 9.88. The van der Waals surface area contributed by atoms with Crippen LogP contribution in [0.1, 0.15) is 58.8 Å². The molecule has 2 N–H and O–H groups in total. The highest BCUT2D eigenvalue weighted by atomic mass is 16.3. The van der Waals surface area contributed by atoms with Crippen molar-refractivity contribution >= 4 is 0 Å². The molecule has 3 heteroatoms. The van der Waals surface area contributed by atoms with Gasteiger partial charge in [-0.2, -0.15) is 0 Å². The predicted molar refractivity (Wildman–Crippen MR) is 84.9 cm³/mol. The second kappa shape index (κ2) is 8.35. The van der Waals surface area contributed by atoms with Gasteiger partial charge < -0.3 is 10.4 Å². The SMILES string of the molecule is CCCCC1CC(NCCCO)CN(C(C)C2CC2)C1. The van der Waals surface area contributed by atoms with E-state index in [0.717, 1.165) is 30.8 Å². The molecule has 118 valence electrons. The summed E-state index contributed by atoms with van der Waals surface area (Å²) in [6.45, 7) is 8.53. The average Bonchev–Trinajstić information content (AvgIpc) is 3.29. The van der Waals surface area contributed by atoms with Gasteiger partial charge in [0.25, 0.3) is 0 Å². The van der Waals surface area contributed by atoms with E-state index in [9.17, 15) is 0 Å². The number of piperidine rings is 1. The standard InChI is InChI=1S/C17H34N2O/c1-3-4-6-15-11-17(18-9-5-10-20)13-19(12-15)14(2)16-7-8-16/h14-18,20H,3-13H2,1-2H3. The number of rotatable bonds is 9. The fraction of sp³-hybridized carbons (Fsp3) is 1.00. The van der Waals surface area contributed by atoms with Crippen LogP contribution in [0.2, 0.25) is 0 Å². The van der Waals surface area contributed by atoms with Gasteiger partial charge in [-0.3, -0.25) is 4.90 Å². The first-order chi connectivity index (χ1) is 9.74. The number of nitrogens with zero attached hydrogens (tertiary/aromatic N) is 1. The number of nitrogens with one attached hydrogen (secondary N) is 1. The summed E-state index contributed by atoms with van der Waals surface area (Å²) >= 11 is 0. The highest BCUT2D eigenvalue weighted by Crippen LogP contribution is 2.37. The zero-order valence-electron chi connectivity index (χ0n) is 13.5. The Bertz CT molecular complexity index is 268. The van der Waals surface area contributed by atoms with E-state index in [0.29, 0.717) is 12.6 Å². The molecule has 1 aliphatic carbocycles. The molecule has 20 heavy (non-hydrogen) atoms. The van der Waals surface area contributed by atoms with Crippen LogP contribution < -0.4 is 5.32 Å². The number of aliphatic hydroxyl groups excluding tert-OH is 1. The molecule has 0 bridgehead atoms. The Hall–Kier alpha value is -0.120. The van der Waals surface area contributed by atoms with E-state index in [1.165, 1.54) is 51.6 Å². The summed E-state index contributed by atoms with van der Waals surface area (Å²) in [6, 6.07) is 1.42. The van der Waals surface area contributed by atoms with Gasteiger partial charge in [0.05, 0.1) is 0 Å². The molecule has 3 atom stereocenters. The van der Waals surface area contributed by atoms with Crippen molar-refractivity contribution in [3.8, 4) is 0 Å². The fourth-order valence-electron chi connectivity index (χ4n) is 3.69. The maximum Gasteiger partial charge on any atom is 0.0443 e. The van der Waals surface area contributed by atoms with Crippen LogP contribution in [0.3, 0.4) is 0 Å². The summed E-state index contributed by atoms with van der Waals surface area (Å²) in [7, 11) is 0. The molecule has 2 fully saturated rings. The Morgan fingerprint density at radius 1 is 1.25 bits per heavy atom. The minimum atomic E-state index is 0.307. The van der Waals surface area contributed by atoms with Gasteiger partial charge in [0, 0.05) is 31.8 Å². The van der Waals surface area contributed by atoms with Gasteiger partial charge in [-0.05, 0) is 57.4 Å². The average molecular weight is 282 g/mol. The molecule has 1 heterocycles. The molecule has 0 aromatic heterocycles. The first-order valence-electron chi connectivity index (χ1n) is 8.82. The zero-order chi connectivity index (χ0) is 14.4. The van der Waals surface area contributed by atoms with Gasteiger partial charge >= 0.3 is 0 Å². The monoisotopic (exact) mass is 282 g/mol. The fourth-order valence-corrected chi connectivity index (χ4v) is 3.69. The minimum absolute atomic E-state index is 0.307. The summed E-state index contributed by atoms with van der Waals surface area (Å²) in [5.41, 5.74) is 0. The largest absolute Gasteiger partial charge is 0.396 e. The lowest BCUT2D eigenvalue weighted by Gasteiger charge is -2.41. The zero-order valence-corrected chi connectivity index (χ0v) is 13.5. The molecule has 3 nitrogen and oxygen atoms in total. The van der Waals surface area contributed by atoms with Crippen LogP contribution in [0.15, 0.2) is 0 Å². The van der Waals surface area contributed by atoms with Crippen molar-refractivity contribution in [3.05, 3.63) is 0 Å². The van der Waals surface area contributed by atoms with Crippen LogP contribution in [-0.4, -0.2) is 48.3 Å². The van der Waals surface area contributed by atoms with Gasteiger partial charge in [-0.15, -0.1) is 0 Å². The molecule has 3 unspecified atom stereocenters. The van der Waals surface area contributed by atoms with Crippen molar-refractivity contribution in [2.24, 2.45) is 11.8 Å². The molecule has 2 rings (SSSR count). The third-order valence-corrected chi connectivity index (χ3v) is 5.18. The van der Waals surface area contributed by atoms with Gasteiger partial charge in [-0.25, -0.2) is 0 Å². The number of aliphatic hydroxyl groups is 1. The molecule has 0 spiro atoms. The molecule has 1 saturated heterocycles. The quantitative estimate of drug-likeness (QED) is 0.638. The van der Waals surface area contributed by atoms with Crippen LogP contribution in [0.25, 0.3) is 0 Å². The van der Waals surface area contributed by atoms with Crippen molar-refractivity contribution in [1.82, 2.24) is 10.2 Å². The number of hydrogen-bond acceptors (Lipinski definition) is 3. The number of hydrogen-bond donors (Lipinski definition) is 2. The van der Waals surface area contributed by atoms with Crippen LogP contribution in [0.5, 0.6) is 0 Å². The van der Waals surface area contributed by atoms with E-state index in [1.807, 2.05) is 0 Å². The van der Waals surface area contributed by atoms with E-state index in [-0.39, 0.29) is 0 Å². The minimum Gasteiger partial charge on any atom is -0.396 e. The van der Waals surface area contributed by atoms with Crippen LogP contribution in [0, 0.1) is 11.8 Å². The van der Waals surface area contributed by atoms with Crippen LogP contribution in [-0.2, 0) is 0 Å². The van der Waals surface area contributed by atoms with Crippen molar-refractivity contribution in [2.45, 2.75) is 70.9 Å². The van der Waals surface area contributed by atoms with Crippen LogP contribution in [0.4, 0.5) is 0 Å². The van der Waals surface area contributed by atoms with E-state index < -0.39 is 0 Å². The highest BCUT2D eigenvalue weighted by Gasteiger charge is 2.36. The van der Waals surface area contributed by atoms with Crippen molar-refractivity contribution in [1.29, 1.82) is 0 Å². The Morgan fingerprint density at radius 2 is 2.05 bits per heavy atom. The Kier molecular flexibility index (Phi) is 6.79. The van der Waals surface area contributed by atoms with Crippen LogP contribution >= 0.6 is 0 Å². The van der Waals surface area contributed by atoms with Gasteiger partial charge in [0.15, 0.2) is 0 Å². The molecule has 0 radical (unpaired) electrons. The molecule has 1 saturated carbocycles. The van der Waals surface area contributed by atoms with Crippen molar-refractivity contribution in [2.75, 3.05) is 26.2 Å². The molecule has 0 aromatic rings. The predicted octanol–water partition coefficient (Wildman–Crippen LogP) is 2.64. The Labute approximate surface area is 125 Å². The lowest BCUT2D eigenvalue weighted by Crippen LogP contribution is -2.52. The first-order valence-corrected chi connectivity index (χ1v) is 8.82. The summed E-state index contributed by atoms with van der Waals surface area (Å²) < 4.78 is 0. The summed E-state index contributed by atoms with van der Waals surface area (Å²) in [4.78, 5) is 2.75. The van der Waals surface area contributed by atoms with Gasteiger partial charge in [0.2, 0.25) is 0 Å². The van der Waals surface area contributed by atoms with Crippen molar-refractivity contribution in [3.63, 3.8) is 0 Å². The second-order valence-corrected chi connectivity index (χ2v) is 7.00. The molecular formula is C17H34N2O. The summed E-state index contributed by atoms with van der Waals surface area (Å²) in [5, 5.41) is 12.6. The second-order valence-electron chi connectivity index (χ2n) is 7.00. The molecule has 0 aromatic carbocycles. The molecule has 2 aliphatic rings. The van der Waals surface area contributed by atoms with E-state index in [4.69, 9.17) is 5.11 Å². The van der Waals surface area contributed by atoms with E-state index >= 15 is 0 Å². The Morgan fingerprint density at radius 3 is 2.70 bits per heavy atom. The number of likely N-dealkylation sites (tertiary alicyclic amines) is 1. The van der Waals surface area contributed by atoms with Crippen molar-refractivity contribution < 1.29 is 5.11 Å². The highest BCUT2D eigenvalue weighted by molar-refractivity contribution is 4.91. The van der Waals surface area contributed by atoms with Gasteiger partial charge in [0.1, 0.15) is 0 Å². The molecular weight excluding hydrogens is 248 g/mol. The first kappa shape index (κ1) is 16.3. The topological polar surface area (TPSA) is 35.5 Å². The molecule has 1 aliphatic heterocycles. The maximum absolute atomic E-state index is 8.93. The summed E-state index contributed by atoms with van der Waals surface area (Å²) in [5.74, 6) is 1.84. The maximum atomic E-state index is 8.93. The molecule has 0 amide bonds. The third kappa shape index (κ3) is 5.01. The third-order valence-electron chi connectivity index (χ3n) is 5.18. The Balaban J connectivity index is 1.83. The van der Waals surface area contributed by atoms with Gasteiger partial charge in [-0.1, -0.05) is 19.8 Å². The normalized spacial score (nSPS) is 29.6. The van der Waals surface area contributed by atoms with E-state index in [2.05, 4.69) is 24.1 Å². The number of unbranched alkanes of at least 4 members (excludes halogenated alkanes) is 1.